The van der Waals surface area contributed by atoms with Crippen LogP contribution in [0.4, 0.5) is 0 Å². The van der Waals surface area contributed by atoms with Crippen LogP contribution in [0.25, 0.3) is 0 Å². The Labute approximate surface area is 125 Å². The minimum Gasteiger partial charge on any atom is -0.351 e. The van der Waals surface area contributed by atoms with Crippen LogP contribution in [0.5, 0.6) is 0 Å². The molecule has 1 aromatic carbocycles. The van der Waals surface area contributed by atoms with Gasteiger partial charge in [0.15, 0.2) is 6.23 Å². The number of amides is 1. The molecule has 4 aliphatic rings. The highest BCUT2D eigenvalue weighted by Gasteiger charge is 2.69. The third-order valence-electron chi connectivity index (χ3n) is 6.56. The van der Waals surface area contributed by atoms with Crippen LogP contribution in [-0.4, -0.2) is 23.0 Å². The molecule has 2 saturated carbocycles. The second-order valence-electron chi connectivity index (χ2n) is 7.52. The predicted octanol–water partition coefficient (Wildman–Crippen LogP) is 2.98. The fourth-order valence-corrected chi connectivity index (χ4v) is 5.85. The molecule has 0 spiro atoms. The van der Waals surface area contributed by atoms with Gasteiger partial charge in [-0.05, 0) is 43.9 Å². The van der Waals surface area contributed by atoms with Crippen LogP contribution >= 0.6 is 0 Å². The van der Waals surface area contributed by atoms with Crippen molar-refractivity contribution < 1.29 is 9.53 Å². The van der Waals surface area contributed by atoms with Gasteiger partial charge in [-0.25, -0.2) is 0 Å². The molecular formula is C18H21NO2. The molecule has 5 rings (SSSR count). The van der Waals surface area contributed by atoms with Crippen LogP contribution in [0.1, 0.15) is 38.0 Å². The molecule has 2 heterocycles. The summed E-state index contributed by atoms with van der Waals surface area (Å²) in [7, 11) is 0. The van der Waals surface area contributed by atoms with Gasteiger partial charge in [0.05, 0.1) is 12.1 Å². The van der Waals surface area contributed by atoms with Crippen molar-refractivity contribution in [3.63, 3.8) is 0 Å². The molecule has 0 radical (unpaired) electrons. The Hall–Kier alpha value is -1.35. The smallest absolute Gasteiger partial charge is 0.229 e. The highest BCUT2D eigenvalue weighted by molar-refractivity contribution is 5.85. The zero-order valence-electron chi connectivity index (χ0n) is 12.4. The van der Waals surface area contributed by atoms with Crippen molar-refractivity contribution in [2.75, 3.05) is 6.61 Å². The molecule has 110 valence electrons. The third kappa shape index (κ3) is 1.36. The van der Waals surface area contributed by atoms with Crippen molar-refractivity contribution in [2.24, 2.45) is 23.7 Å². The molecule has 4 fully saturated rings. The summed E-state index contributed by atoms with van der Waals surface area (Å²) >= 11 is 0. The van der Waals surface area contributed by atoms with Gasteiger partial charge >= 0.3 is 0 Å². The first-order valence-corrected chi connectivity index (χ1v) is 8.20. The van der Waals surface area contributed by atoms with E-state index in [0.717, 1.165) is 11.5 Å². The zero-order chi connectivity index (χ0) is 14.2. The summed E-state index contributed by atoms with van der Waals surface area (Å²) < 4.78 is 6.10. The first-order chi connectivity index (χ1) is 10.2. The Kier molecular flexibility index (Phi) is 2.26. The Morgan fingerprint density at radius 2 is 1.95 bits per heavy atom. The highest BCUT2D eigenvalue weighted by atomic mass is 16.5. The maximum atomic E-state index is 13.1. The van der Waals surface area contributed by atoms with Crippen molar-refractivity contribution in [3.8, 4) is 0 Å². The van der Waals surface area contributed by atoms with Crippen molar-refractivity contribution in [1.82, 2.24) is 4.90 Å². The van der Waals surface area contributed by atoms with Crippen LogP contribution in [0.2, 0.25) is 0 Å². The number of fused-ring (bicyclic) bond motifs is 7. The van der Waals surface area contributed by atoms with E-state index >= 15 is 0 Å². The third-order valence-corrected chi connectivity index (χ3v) is 6.56. The molecule has 3 nitrogen and oxygen atoms in total. The van der Waals surface area contributed by atoms with E-state index in [-0.39, 0.29) is 17.7 Å². The number of rotatable bonds is 1. The maximum absolute atomic E-state index is 13.1. The van der Waals surface area contributed by atoms with E-state index in [1.165, 1.54) is 19.3 Å². The lowest BCUT2D eigenvalue weighted by atomic mass is 9.73. The molecule has 2 bridgehead atoms. The minimum atomic E-state index is -0.172. The summed E-state index contributed by atoms with van der Waals surface area (Å²) in [5, 5.41) is 0. The Morgan fingerprint density at radius 1 is 1.19 bits per heavy atom. The van der Waals surface area contributed by atoms with Gasteiger partial charge in [0.2, 0.25) is 5.91 Å². The summed E-state index contributed by atoms with van der Waals surface area (Å²) in [5.74, 6) is 2.56. The molecule has 3 heteroatoms. The average Bonchev–Trinajstić information content (AvgIpc) is 3.22. The number of benzene rings is 1. The molecule has 2 aliphatic heterocycles. The topological polar surface area (TPSA) is 29.5 Å². The van der Waals surface area contributed by atoms with Crippen LogP contribution in [0, 0.1) is 23.7 Å². The number of carbonyl (C=O) groups is 1. The minimum absolute atomic E-state index is 0.0813. The van der Waals surface area contributed by atoms with Gasteiger partial charge in [0.25, 0.3) is 0 Å². The number of hydrogen-bond acceptors (Lipinski definition) is 2. The van der Waals surface area contributed by atoms with E-state index in [9.17, 15) is 4.79 Å². The van der Waals surface area contributed by atoms with Crippen LogP contribution in [0.3, 0.4) is 0 Å². The van der Waals surface area contributed by atoms with E-state index in [4.69, 9.17) is 4.74 Å². The second-order valence-corrected chi connectivity index (χ2v) is 7.52. The van der Waals surface area contributed by atoms with E-state index < -0.39 is 0 Å². The predicted molar refractivity (Wildman–Crippen MR) is 78.2 cm³/mol. The summed E-state index contributed by atoms with van der Waals surface area (Å²) in [6.45, 7) is 2.96. The molecular weight excluding hydrogens is 262 g/mol. The molecule has 21 heavy (non-hydrogen) atoms. The Bertz CT molecular complexity index is 600. The second kappa shape index (κ2) is 3.89. The first-order valence-electron chi connectivity index (χ1n) is 8.20. The van der Waals surface area contributed by atoms with Crippen molar-refractivity contribution in [2.45, 2.75) is 38.0 Å². The Morgan fingerprint density at radius 3 is 2.76 bits per heavy atom. The van der Waals surface area contributed by atoms with Gasteiger partial charge in [-0.2, -0.15) is 0 Å². The SMILES string of the molecule is C[C@@]12CO[C@@H](c3ccccc3)N1C(=O)[C@@H]1C3CCC(C3)[C@@H]12. The largest absolute Gasteiger partial charge is 0.351 e. The van der Waals surface area contributed by atoms with Gasteiger partial charge < -0.3 is 9.64 Å². The van der Waals surface area contributed by atoms with Gasteiger partial charge in [-0.1, -0.05) is 30.3 Å². The fraction of sp³-hybridized carbons (Fsp3) is 0.611. The quantitative estimate of drug-likeness (QED) is 0.793. The van der Waals surface area contributed by atoms with Gasteiger partial charge in [0.1, 0.15) is 0 Å². The lowest BCUT2D eigenvalue weighted by Gasteiger charge is -2.35. The number of ether oxygens (including phenoxy) is 1. The molecule has 2 aliphatic carbocycles. The van der Waals surface area contributed by atoms with Crippen molar-refractivity contribution in [3.05, 3.63) is 35.9 Å². The van der Waals surface area contributed by atoms with E-state index in [1.54, 1.807) is 0 Å². The van der Waals surface area contributed by atoms with Gasteiger partial charge in [-0.3, -0.25) is 4.79 Å². The molecule has 1 amide bonds. The summed E-state index contributed by atoms with van der Waals surface area (Å²) in [4.78, 5) is 15.2. The summed E-state index contributed by atoms with van der Waals surface area (Å²) in [5.41, 5.74) is 1.03. The molecule has 2 saturated heterocycles. The molecule has 0 N–H and O–H groups in total. The van der Waals surface area contributed by atoms with E-state index in [1.807, 2.05) is 18.2 Å². The molecule has 2 unspecified atom stereocenters. The van der Waals surface area contributed by atoms with E-state index in [0.29, 0.717) is 24.3 Å². The number of nitrogens with zero attached hydrogens (tertiary/aromatic N) is 1. The van der Waals surface area contributed by atoms with Crippen LogP contribution in [0.15, 0.2) is 30.3 Å². The number of hydrogen-bond donors (Lipinski definition) is 0. The van der Waals surface area contributed by atoms with Gasteiger partial charge in [0, 0.05) is 11.5 Å². The molecule has 0 aromatic heterocycles. The zero-order valence-corrected chi connectivity index (χ0v) is 12.4. The highest BCUT2D eigenvalue weighted by Crippen LogP contribution is 2.64. The van der Waals surface area contributed by atoms with Crippen LogP contribution in [-0.2, 0) is 9.53 Å². The number of carbonyl (C=O) groups excluding carboxylic acids is 1. The first kappa shape index (κ1) is 12.2. The van der Waals surface area contributed by atoms with Crippen molar-refractivity contribution in [1.29, 1.82) is 0 Å². The standard InChI is InChI=1S/C18H21NO2/c1-18-10-21-17(11-5-3-2-4-6-11)19(18)16(20)14-12-7-8-13(9-12)15(14)18/h2-6,12-15,17H,7-10H2,1H3/t12?,13?,14-,15+,17+,18+/m1/s1. The summed E-state index contributed by atoms with van der Waals surface area (Å²) in [6.07, 6.45) is 3.69. The Balaban J connectivity index is 1.58. The lowest BCUT2D eigenvalue weighted by molar-refractivity contribution is -0.139. The van der Waals surface area contributed by atoms with Crippen LogP contribution < -0.4 is 0 Å². The summed E-state index contributed by atoms with van der Waals surface area (Å²) in [6, 6.07) is 10.2. The molecule has 1 aromatic rings. The van der Waals surface area contributed by atoms with Gasteiger partial charge in [-0.15, -0.1) is 0 Å². The lowest BCUT2D eigenvalue weighted by Crippen LogP contribution is -2.46. The maximum Gasteiger partial charge on any atom is 0.229 e. The van der Waals surface area contributed by atoms with E-state index in [2.05, 4.69) is 24.0 Å². The monoisotopic (exact) mass is 283 g/mol. The average molecular weight is 283 g/mol. The molecule has 6 atom stereocenters. The fourth-order valence-electron chi connectivity index (χ4n) is 5.85. The normalized spacial score (nSPS) is 47.0. The van der Waals surface area contributed by atoms with Crippen molar-refractivity contribution >= 4 is 5.91 Å².